The molecule has 0 radical (unpaired) electrons. The molecule has 47 heavy (non-hydrogen) atoms. The largest absolute Gasteiger partial charge is 0.453 e. The van der Waals surface area contributed by atoms with Crippen molar-refractivity contribution >= 4 is 27.9 Å². The maximum atomic E-state index is 14.1. The van der Waals surface area contributed by atoms with Crippen LogP contribution < -0.4 is 16.0 Å². The van der Waals surface area contributed by atoms with Crippen LogP contribution in [-0.2, 0) is 40.2 Å². The van der Waals surface area contributed by atoms with E-state index in [9.17, 15) is 23.1 Å². The van der Waals surface area contributed by atoms with Crippen molar-refractivity contribution in [3.63, 3.8) is 0 Å². The molecule has 0 aromatic heterocycles. The van der Waals surface area contributed by atoms with Gasteiger partial charge in [-0.05, 0) is 49.4 Å². The number of hydrogen-bond acceptors (Lipinski definition) is 11. The van der Waals surface area contributed by atoms with Crippen LogP contribution in [-0.4, -0.2) is 101 Å². The molecule has 0 bridgehead atoms. The monoisotopic (exact) mass is 676 g/mol. The second-order valence-corrected chi connectivity index (χ2v) is 13.7. The molecule has 14 nitrogen and oxygen atoms in total. The van der Waals surface area contributed by atoms with Gasteiger partial charge in [0.05, 0.1) is 55.9 Å². The number of nitrogens with one attached hydrogen (secondary N) is 3. The summed E-state index contributed by atoms with van der Waals surface area (Å²) in [6.45, 7) is 0.884. The molecule has 2 aromatic carbocycles. The number of carbonyl (C=O) groups excluding carboxylic acids is 2. The third-order valence-electron chi connectivity index (χ3n) is 8.52. The van der Waals surface area contributed by atoms with Crippen molar-refractivity contribution in [3.05, 3.63) is 60.2 Å². The number of hydrogen-bond donors (Lipinski definition) is 4. The number of nitrogens with zero attached hydrogens (tertiary/aromatic N) is 1. The second-order valence-electron chi connectivity index (χ2n) is 11.9. The van der Waals surface area contributed by atoms with E-state index in [0.717, 1.165) is 22.9 Å². The Hall–Kier alpha value is -3.47. The quantitative estimate of drug-likeness (QED) is 0.161. The fraction of sp³-hybridized carbons (Fsp3) is 0.562. The van der Waals surface area contributed by atoms with E-state index in [1.807, 2.05) is 30.3 Å². The summed E-state index contributed by atoms with van der Waals surface area (Å²) in [6, 6.07) is 14.6. The molecule has 15 heteroatoms. The van der Waals surface area contributed by atoms with Gasteiger partial charge >= 0.3 is 12.2 Å². The first-order valence-electron chi connectivity index (χ1n) is 16.0. The Morgan fingerprint density at radius 1 is 1.02 bits per heavy atom. The lowest BCUT2D eigenvalue weighted by molar-refractivity contribution is -0.145. The van der Waals surface area contributed by atoms with Gasteiger partial charge in [0.25, 0.3) is 10.0 Å². The van der Waals surface area contributed by atoms with E-state index < -0.39 is 53.3 Å². The number of sulfonamides is 1. The van der Waals surface area contributed by atoms with Crippen molar-refractivity contribution in [3.8, 4) is 0 Å². The minimum atomic E-state index is -4.27. The molecule has 2 heterocycles. The number of rotatable bonds is 15. The highest BCUT2D eigenvalue weighted by atomic mass is 32.2. The Kier molecular flexibility index (Phi) is 12.3. The normalized spacial score (nSPS) is 22.4. The number of carbonyl (C=O) groups is 2. The van der Waals surface area contributed by atoms with Gasteiger partial charge in [-0.15, -0.1) is 0 Å². The molecular formula is C32H44N4O10S. The first kappa shape index (κ1) is 34.9. The molecule has 1 aliphatic carbocycles. The first-order chi connectivity index (χ1) is 22.7. The number of methoxy groups -OCH3 is 1. The average molecular weight is 677 g/mol. The van der Waals surface area contributed by atoms with Crippen LogP contribution in [0.3, 0.4) is 0 Å². The Morgan fingerprint density at radius 2 is 1.81 bits per heavy atom. The fourth-order valence-electron chi connectivity index (χ4n) is 5.99. The highest BCUT2D eigenvalue weighted by Gasteiger charge is 2.44. The van der Waals surface area contributed by atoms with Crippen molar-refractivity contribution < 1.29 is 46.9 Å². The highest BCUT2D eigenvalue weighted by molar-refractivity contribution is 7.89. The minimum Gasteiger partial charge on any atom is -0.453 e. The van der Waals surface area contributed by atoms with Crippen molar-refractivity contribution in [1.29, 1.82) is 0 Å². The highest BCUT2D eigenvalue weighted by Crippen LogP contribution is 2.33. The molecule has 2 aliphatic heterocycles. The predicted molar refractivity (Wildman–Crippen MR) is 170 cm³/mol. The standard InChI is InChI=1S/C32H44N4O10S/c1-42-31(38)34-16-15-33-23-10-7-13-25(19-23)47(40,41)36(46-24-11-5-6-12-24)20-28(37)27(18-22-8-3-2-4-9-22)35-32(39)45-29-21-44-30-26(29)14-17-43-30/h2-4,7-10,13,19,24,26-30,33,37H,5-6,11-12,14-18,20-21H2,1H3,(H,34,38)(H,35,39)/t26-,27+,28-,29-,30+/m1/s1. The topological polar surface area (TPSA) is 174 Å². The molecule has 1 saturated carbocycles. The zero-order chi connectivity index (χ0) is 33.2. The van der Waals surface area contributed by atoms with Gasteiger partial charge in [-0.3, -0.25) is 4.84 Å². The van der Waals surface area contributed by atoms with Gasteiger partial charge in [0.15, 0.2) is 6.29 Å². The van der Waals surface area contributed by atoms with Crippen LogP contribution in [0, 0.1) is 5.92 Å². The van der Waals surface area contributed by atoms with Gasteiger partial charge in [-0.2, -0.15) is 0 Å². The smallest absolute Gasteiger partial charge is 0.407 e. The van der Waals surface area contributed by atoms with Crippen LogP contribution in [0.2, 0.25) is 0 Å². The lowest BCUT2D eigenvalue weighted by Gasteiger charge is -2.31. The Bertz CT molecular complexity index is 1430. The number of amides is 2. The third-order valence-corrected chi connectivity index (χ3v) is 10.1. The summed E-state index contributed by atoms with van der Waals surface area (Å²) >= 11 is 0. The summed E-state index contributed by atoms with van der Waals surface area (Å²) < 4.78 is 50.3. The Balaban J connectivity index is 1.31. The summed E-state index contributed by atoms with van der Waals surface area (Å²) in [4.78, 5) is 30.5. The number of benzene rings is 2. The van der Waals surface area contributed by atoms with Crippen molar-refractivity contribution in [1.82, 2.24) is 15.1 Å². The minimum absolute atomic E-state index is 0.0461. The van der Waals surface area contributed by atoms with Gasteiger partial charge in [-0.25, -0.2) is 18.0 Å². The zero-order valence-electron chi connectivity index (χ0n) is 26.4. The maximum absolute atomic E-state index is 14.1. The molecule has 3 fully saturated rings. The van der Waals surface area contributed by atoms with Crippen LogP contribution >= 0.6 is 0 Å². The second kappa shape index (κ2) is 16.6. The molecule has 0 unspecified atom stereocenters. The summed E-state index contributed by atoms with van der Waals surface area (Å²) in [7, 11) is -3.00. The number of anilines is 1. The molecule has 4 N–H and O–H groups in total. The van der Waals surface area contributed by atoms with Gasteiger partial charge in [0, 0.05) is 18.8 Å². The number of aliphatic hydroxyl groups excluding tert-OH is 1. The van der Waals surface area contributed by atoms with E-state index in [4.69, 9.17) is 19.0 Å². The molecule has 5 atom stereocenters. The number of ether oxygens (including phenoxy) is 4. The van der Waals surface area contributed by atoms with Gasteiger partial charge in [0.2, 0.25) is 0 Å². The van der Waals surface area contributed by atoms with E-state index >= 15 is 0 Å². The zero-order valence-corrected chi connectivity index (χ0v) is 27.2. The number of alkyl carbamates (subject to hydrolysis) is 2. The molecule has 5 rings (SSSR count). The molecule has 258 valence electrons. The van der Waals surface area contributed by atoms with Crippen molar-refractivity contribution in [2.75, 3.05) is 45.3 Å². The molecule has 0 spiro atoms. The van der Waals surface area contributed by atoms with E-state index in [0.29, 0.717) is 38.1 Å². The summed E-state index contributed by atoms with van der Waals surface area (Å²) in [6.07, 6.45) is 0.209. The van der Waals surface area contributed by atoms with E-state index in [-0.39, 0.29) is 36.5 Å². The lowest BCUT2D eigenvalue weighted by atomic mass is 10.0. The summed E-state index contributed by atoms with van der Waals surface area (Å²) in [5.41, 5.74) is 1.34. The van der Waals surface area contributed by atoms with Crippen LogP contribution in [0.25, 0.3) is 0 Å². The molecular weight excluding hydrogens is 632 g/mol. The van der Waals surface area contributed by atoms with E-state index in [1.54, 1.807) is 12.1 Å². The van der Waals surface area contributed by atoms with Crippen LogP contribution in [0.15, 0.2) is 59.5 Å². The summed E-state index contributed by atoms with van der Waals surface area (Å²) in [5.74, 6) is -0.0620. The van der Waals surface area contributed by atoms with Crippen LogP contribution in [0.4, 0.5) is 15.3 Å². The van der Waals surface area contributed by atoms with E-state index in [2.05, 4.69) is 20.7 Å². The fourth-order valence-corrected chi connectivity index (χ4v) is 7.33. The van der Waals surface area contributed by atoms with Crippen LogP contribution in [0.5, 0.6) is 0 Å². The van der Waals surface area contributed by atoms with E-state index in [1.165, 1.54) is 19.2 Å². The molecule has 3 aliphatic rings. The predicted octanol–water partition coefficient (Wildman–Crippen LogP) is 2.78. The average Bonchev–Trinajstić information content (AvgIpc) is 3.84. The maximum Gasteiger partial charge on any atom is 0.407 e. The van der Waals surface area contributed by atoms with Gasteiger partial charge in [-0.1, -0.05) is 53.7 Å². The van der Waals surface area contributed by atoms with Crippen molar-refractivity contribution in [2.24, 2.45) is 5.92 Å². The lowest BCUT2D eigenvalue weighted by Crippen LogP contribution is -2.51. The summed E-state index contributed by atoms with van der Waals surface area (Å²) in [5, 5.41) is 20.0. The number of fused-ring (bicyclic) bond motifs is 1. The van der Waals surface area contributed by atoms with Gasteiger partial charge < -0.3 is 40.0 Å². The number of aliphatic hydroxyl groups is 1. The Morgan fingerprint density at radius 3 is 2.57 bits per heavy atom. The van der Waals surface area contributed by atoms with Crippen molar-refractivity contribution in [2.45, 2.75) is 74.1 Å². The number of hydroxylamine groups is 1. The SMILES string of the molecule is COC(=O)NCCNc1cccc(S(=O)(=O)N(C[C@@H](O)[C@H](Cc2ccccc2)NC(=O)O[C@@H]2CO[C@@H]3OCC[C@@H]32)OC2CCCC2)c1. The van der Waals surface area contributed by atoms with Gasteiger partial charge in [0.1, 0.15) is 6.10 Å². The third kappa shape index (κ3) is 9.55. The first-order valence-corrected chi connectivity index (χ1v) is 17.4. The molecule has 2 saturated heterocycles. The van der Waals surface area contributed by atoms with Crippen LogP contribution in [0.1, 0.15) is 37.7 Å². The molecule has 2 amide bonds. The Labute approximate surface area is 275 Å². The molecule has 2 aromatic rings.